The molecule has 2 atom stereocenters. The highest BCUT2D eigenvalue weighted by atomic mass is 35.5. The third-order valence-electron chi connectivity index (χ3n) is 3.06. The molecule has 5 nitrogen and oxygen atoms in total. The first-order valence-corrected chi connectivity index (χ1v) is 7.20. The van der Waals surface area contributed by atoms with E-state index >= 15 is 0 Å². The SMILES string of the molecule is CCC(C)[C@H](NC(=O)COc1ccc(Cl)c(Cl)c1)C(=O)O. The van der Waals surface area contributed by atoms with Crippen LogP contribution < -0.4 is 10.1 Å². The normalized spacial score (nSPS) is 13.3. The number of carbonyl (C=O) groups excluding carboxylic acids is 1. The van der Waals surface area contributed by atoms with Crippen LogP contribution in [0.1, 0.15) is 20.3 Å². The first-order chi connectivity index (χ1) is 9.85. The first kappa shape index (κ1) is 17.6. The van der Waals surface area contributed by atoms with Crippen molar-refractivity contribution in [2.75, 3.05) is 6.61 Å². The van der Waals surface area contributed by atoms with Crippen LogP contribution in [0, 0.1) is 5.92 Å². The summed E-state index contributed by atoms with van der Waals surface area (Å²) in [4.78, 5) is 22.8. The van der Waals surface area contributed by atoms with Gasteiger partial charge in [0, 0.05) is 6.07 Å². The molecule has 0 spiro atoms. The number of carbonyl (C=O) groups is 2. The van der Waals surface area contributed by atoms with Gasteiger partial charge < -0.3 is 15.2 Å². The van der Waals surface area contributed by atoms with Gasteiger partial charge >= 0.3 is 5.97 Å². The van der Waals surface area contributed by atoms with Gasteiger partial charge in [-0.05, 0) is 18.1 Å². The number of halogens is 2. The van der Waals surface area contributed by atoms with E-state index in [2.05, 4.69) is 5.32 Å². The predicted molar refractivity (Wildman–Crippen MR) is 81.0 cm³/mol. The van der Waals surface area contributed by atoms with Crippen molar-refractivity contribution >= 4 is 35.1 Å². The lowest BCUT2D eigenvalue weighted by Gasteiger charge is -2.20. The van der Waals surface area contributed by atoms with Gasteiger partial charge in [-0.1, -0.05) is 43.5 Å². The number of nitrogens with one attached hydrogen (secondary N) is 1. The van der Waals surface area contributed by atoms with E-state index in [0.717, 1.165) is 0 Å². The summed E-state index contributed by atoms with van der Waals surface area (Å²) in [6.45, 7) is 3.33. The molecule has 0 aliphatic heterocycles. The van der Waals surface area contributed by atoms with Gasteiger partial charge in [-0.3, -0.25) is 4.79 Å². The lowest BCUT2D eigenvalue weighted by molar-refractivity contribution is -0.143. The Morgan fingerprint density at radius 2 is 2.00 bits per heavy atom. The first-order valence-electron chi connectivity index (χ1n) is 6.45. The molecule has 21 heavy (non-hydrogen) atoms. The average molecular weight is 334 g/mol. The Hall–Kier alpha value is -1.46. The monoisotopic (exact) mass is 333 g/mol. The number of rotatable bonds is 7. The van der Waals surface area contributed by atoms with E-state index in [1.165, 1.54) is 6.07 Å². The predicted octanol–water partition coefficient (Wildman–Crippen LogP) is 2.99. The fourth-order valence-electron chi connectivity index (χ4n) is 1.61. The molecule has 0 heterocycles. The Kier molecular flexibility index (Phi) is 6.78. The second kappa shape index (κ2) is 8.10. The molecule has 1 aromatic carbocycles. The molecular formula is C14H17Cl2NO4. The summed E-state index contributed by atoms with van der Waals surface area (Å²) in [7, 11) is 0. The van der Waals surface area contributed by atoms with Crippen molar-refractivity contribution in [2.24, 2.45) is 5.92 Å². The highest BCUT2D eigenvalue weighted by Crippen LogP contribution is 2.26. The summed E-state index contributed by atoms with van der Waals surface area (Å²) in [6, 6.07) is 3.68. The number of aliphatic carboxylic acids is 1. The molecule has 0 saturated heterocycles. The Morgan fingerprint density at radius 1 is 1.33 bits per heavy atom. The van der Waals surface area contributed by atoms with Crippen molar-refractivity contribution in [2.45, 2.75) is 26.3 Å². The van der Waals surface area contributed by atoms with Crippen molar-refractivity contribution in [1.82, 2.24) is 5.32 Å². The summed E-state index contributed by atoms with van der Waals surface area (Å²) in [5.41, 5.74) is 0. The maximum atomic E-state index is 11.7. The number of hydrogen-bond acceptors (Lipinski definition) is 3. The van der Waals surface area contributed by atoms with Gasteiger partial charge in [0.15, 0.2) is 6.61 Å². The minimum atomic E-state index is -1.06. The zero-order valence-corrected chi connectivity index (χ0v) is 13.2. The maximum Gasteiger partial charge on any atom is 0.326 e. The lowest BCUT2D eigenvalue weighted by Crippen LogP contribution is -2.46. The van der Waals surface area contributed by atoms with Crippen molar-refractivity contribution < 1.29 is 19.4 Å². The Labute approximate surface area is 133 Å². The molecule has 0 aliphatic carbocycles. The van der Waals surface area contributed by atoms with Crippen LogP contribution in [0.3, 0.4) is 0 Å². The van der Waals surface area contributed by atoms with Crippen molar-refractivity contribution in [3.63, 3.8) is 0 Å². The summed E-state index contributed by atoms with van der Waals surface area (Å²) < 4.78 is 5.25. The van der Waals surface area contributed by atoms with Crippen LogP contribution in [0.15, 0.2) is 18.2 Å². The van der Waals surface area contributed by atoms with Crippen LogP contribution >= 0.6 is 23.2 Å². The minimum Gasteiger partial charge on any atom is -0.484 e. The molecule has 0 aliphatic rings. The number of hydrogen-bond donors (Lipinski definition) is 2. The number of carboxylic acids is 1. The topological polar surface area (TPSA) is 75.6 Å². The van der Waals surface area contributed by atoms with E-state index in [-0.39, 0.29) is 12.5 Å². The molecular weight excluding hydrogens is 317 g/mol. The highest BCUT2D eigenvalue weighted by Gasteiger charge is 2.25. The van der Waals surface area contributed by atoms with Crippen LogP contribution in [0.25, 0.3) is 0 Å². The van der Waals surface area contributed by atoms with E-state index in [4.69, 9.17) is 33.0 Å². The van der Waals surface area contributed by atoms with E-state index in [1.807, 2.05) is 6.92 Å². The number of ether oxygens (including phenoxy) is 1. The van der Waals surface area contributed by atoms with Gasteiger partial charge in [0.25, 0.3) is 5.91 Å². The third-order valence-corrected chi connectivity index (χ3v) is 3.80. The van der Waals surface area contributed by atoms with Crippen LogP contribution in [-0.4, -0.2) is 29.6 Å². The summed E-state index contributed by atoms with van der Waals surface area (Å²) in [5, 5.41) is 12.2. The second-order valence-corrected chi connectivity index (χ2v) is 5.45. The van der Waals surface area contributed by atoms with Crippen LogP contribution in [-0.2, 0) is 9.59 Å². The van der Waals surface area contributed by atoms with Gasteiger partial charge in [-0.15, -0.1) is 0 Å². The maximum absolute atomic E-state index is 11.7. The Morgan fingerprint density at radius 3 is 2.52 bits per heavy atom. The third kappa shape index (κ3) is 5.44. The van der Waals surface area contributed by atoms with E-state index in [1.54, 1.807) is 19.1 Å². The lowest BCUT2D eigenvalue weighted by atomic mass is 9.99. The fraction of sp³-hybridized carbons (Fsp3) is 0.429. The molecule has 0 saturated carbocycles. The molecule has 2 N–H and O–H groups in total. The van der Waals surface area contributed by atoms with E-state index in [9.17, 15) is 9.59 Å². The van der Waals surface area contributed by atoms with Gasteiger partial charge in [-0.25, -0.2) is 4.79 Å². The standard InChI is InChI=1S/C14H17Cl2NO4/c1-3-8(2)13(14(19)20)17-12(18)7-21-9-4-5-10(15)11(16)6-9/h4-6,8,13H,3,7H2,1-2H3,(H,17,18)(H,19,20)/t8?,13-/m0/s1. The van der Waals surface area contributed by atoms with Crippen LogP contribution in [0.4, 0.5) is 0 Å². The largest absolute Gasteiger partial charge is 0.484 e. The van der Waals surface area contributed by atoms with Crippen LogP contribution in [0.2, 0.25) is 10.0 Å². The quantitative estimate of drug-likeness (QED) is 0.804. The number of carboxylic acid groups (broad SMARTS) is 1. The molecule has 116 valence electrons. The zero-order valence-electron chi connectivity index (χ0n) is 11.7. The Balaban J connectivity index is 2.56. The fourth-order valence-corrected chi connectivity index (χ4v) is 1.90. The minimum absolute atomic E-state index is 0.170. The summed E-state index contributed by atoms with van der Waals surface area (Å²) >= 11 is 11.6. The molecule has 7 heteroatoms. The van der Waals surface area contributed by atoms with Gasteiger partial charge in [-0.2, -0.15) is 0 Å². The van der Waals surface area contributed by atoms with E-state index < -0.39 is 17.9 Å². The second-order valence-electron chi connectivity index (χ2n) is 4.63. The van der Waals surface area contributed by atoms with Crippen molar-refractivity contribution in [3.05, 3.63) is 28.2 Å². The van der Waals surface area contributed by atoms with Gasteiger partial charge in [0.2, 0.25) is 0 Å². The number of benzene rings is 1. The Bertz CT molecular complexity index is 522. The average Bonchev–Trinajstić information content (AvgIpc) is 2.44. The summed E-state index contributed by atoms with van der Waals surface area (Å²) in [5.74, 6) is -1.35. The summed E-state index contributed by atoms with van der Waals surface area (Å²) in [6.07, 6.45) is 0.644. The zero-order chi connectivity index (χ0) is 16.0. The van der Waals surface area contributed by atoms with E-state index in [0.29, 0.717) is 22.2 Å². The van der Waals surface area contributed by atoms with Crippen LogP contribution in [0.5, 0.6) is 5.75 Å². The molecule has 1 aromatic rings. The molecule has 0 radical (unpaired) electrons. The molecule has 0 aromatic heterocycles. The van der Waals surface area contributed by atoms with Gasteiger partial charge in [0.05, 0.1) is 10.0 Å². The van der Waals surface area contributed by atoms with Crippen molar-refractivity contribution in [3.8, 4) is 5.75 Å². The molecule has 1 rings (SSSR count). The molecule has 1 amide bonds. The highest BCUT2D eigenvalue weighted by molar-refractivity contribution is 6.42. The smallest absolute Gasteiger partial charge is 0.326 e. The number of amides is 1. The molecule has 0 fully saturated rings. The van der Waals surface area contributed by atoms with Gasteiger partial charge in [0.1, 0.15) is 11.8 Å². The molecule has 0 bridgehead atoms. The molecule has 1 unspecified atom stereocenters. The van der Waals surface area contributed by atoms with Crippen molar-refractivity contribution in [1.29, 1.82) is 0 Å².